The van der Waals surface area contributed by atoms with Crippen LogP contribution in [0, 0.1) is 0 Å². The summed E-state index contributed by atoms with van der Waals surface area (Å²) in [7, 11) is 0. The standard InChI is InChI=1S/C21H28O6/c1-13(8-9-18(24)25)6-5-7-14(2)10-11-21-17(23)12-15(3)19(20(21)27-21)26-16(4)22/h6,10,12,19-20H,5,7-9,11H2,1-4H3,(H,24,25)/b13-6+,14-10+/t19-,20-,21+/m1/s1. The summed E-state index contributed by atoms with van der Waals surface area (Å²) in [6.07, 6.45) is 7.54. The van der Waals surface area contributed by atoms with Crippen molar-refractivity contribution in [2.24, 2.45) is 0 Å². The fourth-order valence-electron chi connectivity index (χ4n) is 3.33. The van der Waals surface area contributed by atoms with Crippen LogP contribution in [0.15, 0.2) is 34.9 Å². The number of allylic oxidation sites excluding steroid dienone is 3. The van der Waals surface area contributed by atoms with Gasteiger partial charge in [-0.2, -0.15) is 0 Å². The third-order valence-electron chi connectivity index (χ3n) is 5.05. The molecular formula is C21H28O6. The van der Waals surface area contributed by atoms with Crippen LogP contribution < -0.4 is 0 Å². The molecule has 1 N–H and O–H groups in total. The second-order valence-electron chi connectivity index (χ2n) is 7.45. The molecule has 0 spiro atoms. The molecule has 2 aliphatic rings. The monoisotopic (exact) mass is 376 g/mol. The Hall–Kier alpha value is -2.21. The van der Waals surface area contributed by atoms with E-state index in [9.17, 15) is 14.4 Å². The number of ether oxygens (including phenoxy) is 2. The van der Waals surface area contributed by atoms with Crippen LogP contribution in [0.25, 0.3) is 0 Å². The Morgan fingerprint density at radius 2 is 1.85 bits per heavy atom. The minimum atomic E-state index is -0.895. The third kappa shape index (κ3) is 5.39. The quantitative estimate of drug-likeness (QED) is 0.376. The Morgan fingerprint density at radius 1 is 1.19 bits per heavy atom. The van der Waals surface area contributed by atoms with Gasteiger partial charge in [0.05, 0.1) is 0 Å². The molecule has 148 valence electrons. The van der Waals surface area contributed by atoms with E-state index in [1.54, 1.807) is 6.92 Å². The Labute approximate surface area is 159 Å². The summed E-state index contributed by atoms with van der Waals surface area (Å²) < 4.78 is 11.0. The van der Waals surface area contributed by atoms with Crippen molar-refractivity contribution >= 4 is 17.7 Å². The van der Waals surface area contributed by atoms with Crippen molar-refractivity contribution in [2.75, 3.05) is 0 Å². The van der Waals surface area contributed by atoms with Gasteiger partial charge in [-0.1, -0.05) is 23.3 Å². The molecule has 3 atom stereocenters. The predicted molar refractivity (Wildman–Crippen MR) is 100 cm³/mol. The molecule has 1 fully saturated rings. The Kier molecular flexibility index (Phi) is 6.76. The molecule has 0 amide bonds. The molecule has 1 saturated heterocycles. The lowest BCUT2D eigenvalue weighted by Crippen LogP contribution is -2.38. The highest BCUT2D eigenvalue weighted by atomic mass is 16.7. The number of carboxylic acids is 1. The van der Waals surface area contributed by atoms with Gasteiger partial charge in [-0.25, -0.2) is 0 Å². The van der Waals surface area contributed by atoms with Crippen molar-refractivity contribution in [3.8, 4) is 0 Å². The van der Waals surface area contributed by atoms with Crippen LogP contribution >= 0.6 is 0 Å². The van der Waals surface area contributed by atoms with Crippen LogP contribution in [-0.4, -0.2) is 40.6 Å². The van der Waals surface area contributed by atoms with Crippen LogP contribution in [0.2, 0.25) is 0 Å². The fraction of sp³-hybridized carbons (Fsp3) is 0.571. The van der Waals surface area contributed by atoms with Gasteiger partial charge in [-0.05, 0) is 51.7 Å². The van der Waals surface area contributed by atoms with Gasteiger partial charge >= 0.3 is 11.9 Å². The normalized spacial score (nSPS) is 27.7. The molecule has 0 unspecified atom stereocenters. The van der Waals surface area contributed by atoms with Crippen LogP contribution in [0.5, 0.6) is 0 Å². The van der Waals surface area contributed by atoms with Crippen molar-refractivity contribution in [1.82, 2.24) is 0 Å². The average Bonchev–Trinajstić information content (AvgIpc) is 3.31. The number of aliphatic carboxylic acids is 1. The van der Waals surface area contributed by atoms with E-state index < -0.39 is 23.8 Å². The maximum atomic E-state index is 12.4. The highest BCUT2D eigenvalue weighted by Crippen LogP contribution is 2.49. The van der Waals surface area contributed by atoms with E-state index in [-0.39, 0.29) is 18.2 Å². The molecule has 2 rings (SSSR count). The van der Waals surface area contributed by atoms with Gasteiger partial charge in [-0.3, -0.25) is 14.4 Å². The van der Waals surface area contributed by atoms with Crippen molar-refractivity contribution in [1.29, 1.82) is 0 Å². The van der Waals surface area contributed by atoms with Crippen molar-refractivity contribution in [3.05, 3.63) is 34.9 Å². The van der Waals surface area contributed by atoms with Gasteiger partial charge in [0.15, 0.2) is 17.5 Å². The number of carboxylic acid groups (broad SMARTS) is 1. The van der Waals surface area contributed by atoms with E-state index in [0.717, 1.165) is 29.6 Å². The number of epoxide rings is 1. The highest BCUT2D eigenvalue weighted by Gasteiger charge is 2.67. The van der Waals surface area contributed by atoms with E-state index in [2.05, 4.69) is 6.08 Å². The maximum Gasteiger partial charge on any atom is 0.303 e. The summed E-state index contributed by atoms with van der Waals surface area (Å²) >= 11 is 0. The second-order valence-corrected chi connectivity index (χ2v) is 7.45. The molecule has 1 aliphatic carbocycles. The van der Waals surface area contributed by atoms with E-state index in [1.807, 2.05) is 19.9 Å². The van der Waals surface area contributed by atoms with Crippen molar-refractivity contribution in [2.45, 2.75) is 77.6 Å². The van der Waals surface area contributed by atoms with Crippen LogP contribution in [0.3, 0.4) is 0 Å². The first-order valence-electron chi connectivity index (χ1n) is 9.26. The zero-order chi connectivity index (χ0) is 20.2. The first-order chi connectivity index (χ1) is 12.7. The van der Waals surface area contributed by atoms with E-state index in [1.165, 1.54) is 13.0 Å². The molecule has 0 aromatic rings. The smallest absolute Gasteiger partial charge is 0.303 e. The number of rotatable bonds is 9. The predicted octanol–water partition coefficient (Wildman–Crippen LogP) is 3.51. The molecule has 0 aromatic carbocycles. The first-order valence-corrected chi connectivity index (χ1v) is 9.26. The Balaban J connectivity index is 1.90. The third-order valence-corrected chi connectivity index (χ3v) is 5.05. The number of ketones is 1. The first kappa shape index (κ1) is 21.1. The van der Waals surface area contributed by atoms with Crippen LogP contribution in [0.1, 0.15) is 59.8 Å². The van der Waals surface area contributed by atoms with Crippen molar-refractivity contribution in [3.63, 3.8) is 0 Å². The molecule has 1 heterocycles. The molecule has 6 nitrogen and oxygen atoms in total. The van der Waals surface area contributed by atoms with Crippen LogP contribution in [-0.2, 0) is 23.9 Å². The number of carbonyl (C=O) groups excluding carboxylic acids is 2. The summed E-state index contributed by atoms with van der Waals surface area (Å²) in [5.74, 6) is -1.24. The van der Waals surface area contributed by atoms with Gasteiger partial charge in [0, 0.05) is 19.8 Å². The van der Waals surface area contributed by atoms with E-state index in [0.29, 0.717) is 12.8 Å². The Morgan fingerprint density at radius 3 is 2.48 bits per heavy atom. The maximum absolute atomic E-state index is 12.4. The average molecular weight is 376 g/mol. The minimum Gasteiger partial charge on any atom is -0.481 e. The zero-order valence-electron chi connectivity index (χ0n) is 16.4. The van der Waals surface area contributed by atoms with Gasteiger partial charge in [0.1, 0.15) is 6.10 Å². The molecule has 6 heteroatoms. The zero-order valence-corrected chi connectivity index (χ0v) is 16.4. The second kappa shape index (κ2) is 8.65. The summed E-state index contributed by atoms with van der Waals surface area (Å²) in [5.41, 5.74) is 2.04. The van der Waals surface area contributed by atoms with Gasteiger partial charge in [-0.15, -0.1) is 0 Å². The number of carbonyl (C=O) groups is 3. The van der Waals surface area contributed by atoms with Gasteiger partial charge in [0.2, 0.25) is 0 Å². The van der Waals surface area contributed by atoms with Gasteiger partial charge < -0.3 is 14.6 Å². The molecule has 0 radical (unpaired) electrons. The molecule has 0 aromatic heterocycles. The summed E-state index contributed by atoms with van der Waals surface area (Å²) in [4.78, 5) is 34.3. The fourth-order valence-corrected chi connectivity index (χ4v) is 3.33. The topological polar surface area (TPSA) is 93.2 Å². The molecule has 0 bridgehead atoms. The van der Waals surface area contributed by atoms with E-state index >= 15 is 0 Å². The number of fused-ring (bicyclic) bond motifs is 1. The minimum absolute atomic E-state index is 0.0677. The lowest BCUT2D eigenvalue weighted by atomic mass is 9.84. The molecule has 27 heavy (non-hydrogen) atoms. The number of hydrogen-bond donors (Lipinski definition) is 1. The molecular weight excluding hydrogens is 348 g/mol. The Bertz CT molecular complexity index is 714. The molecule has 1 aliphatic heterocycles. The van der Waals surface area contributed by atoms with Crippen molar-refractivity contribution < 1.29 is 29.0 Å². The number of hydrogen-bond acceptors (Lipinski definition) is 5. The lowest BCUT2D eigenvalue weighted by molar-refractivity contribution is -0.145. The summed E-state index contributed by atoms with van der Waals surface area (Å²) in [6.45, 7) is 7.07. The van der Waals surface area contributed by atoms with Crippen LogP contribution in [0.4, 0.5) is 0 Å². The summed E-state index contributed by atoms with van der Waals surface area (Å²) in [5, 5.41) is 8.70. The lowest BCUT2D eigenvalue weighted by Gasteiger charge is -2.22. The number of esters is 1. The largest absolute Gasteiger partial charge is 0.481 e. The van der Waals surface area contributed by atoms with Gasteiger partial charge in [0.25, 0.3) is 0 Å². The van der Waals surface area contributed by atoms with E-state index in [4.69, 9.17) is 14.6 Å². The molecule has 0 saturated carbocycles. The highest BCUT2D eigenvalue weighted by molar-refractivity contribution is 6.02. The SMILES string of the molecule is CC(=O)O[C@@H]1C(C)=CC(=O)[C@]2(C/C=C(\C)CC/C=C(\C)CCC(=O)O)O[C@H]12. The summed E-state index contributed by atoms with van der Waals surface area (Å²) in [6, 6.07) is 0.